The van der Waals surface area contributed by atoms with Gasteiger partial charge < -0.3 is 10.6 Å². The number of likely N-dealkylation sites (N-methyl/N-ethyl adjacent to an activating group) is 1. The van der Waals surface area contributed by atoms with Crippen molar-refractivity contribution >= 4 is 0 Å². The van der Waals surface area contributed by atoms with Crippen LogP contribution in [0.1, 0.15) is 48.9 Å². The number of nitrogens with two attached hydrogens (primary N) is 1. The SMILES string of the molecule is CCN(CC1CCC1)CC(N)c1cc(C)cc(C)c1. The van der Waals surface area contributed by atoms with E-state index in [4.69, 9.17) is 5.73 Å². The maximum atomic E-state index is 6.40. The van der Waals surface area contributed by atoms with Crippen LogP contribution in [0.2, 0.25) is 0 Å². The van der Waals surface area contributed by atoms with Gasteiger partial charge in [-0.2, -0.15) is 0 Å². The molecule has 1 aliphatic rings. The third-order valence-electron chi connectivity index (χ3n) is 4.32. The van der Waals surface area contributed by atoms with E-state index < -0.39 is 0 Å². The standard InChI is InChI=1S/C17H28N2/c1-4-19(11-15-6-5-7-15)12-17(18)16-9-13(2)8-14(3)10-16/h8-10,15,17H,4-7,11-12,18H2,1-3H3. The zero-order chi connectivity index (χ0) is 13.8. The van der Waals surface area contributed by atoms with E-state index in [9.17, 15) is 0 Å². The highest BCUT2D eigenvalue weighted by Gasteiger charge is 2.21. The lowest BCUT2D eigenvalue weighted by Gasteiger charge is -2.33. The second-order valence-electron chi connectivity index (χ2n) is 6.18. The van der Waals surface area contributed by atoms with Crippen molar-refractivity contribution in [3.63, 3.8) is 0 Å². The van der Waals surface area contributed by atoms with Crippen LogP contribution in [0.25, 0.3) is 0 Å². The fraction of sp³-hybridized carbons (Fsp3) is 0.647. The Hall–Kier alpha value is -0.860. The first-order valence-electron chi connectivity index (χ1n) is 7.64. The Balaban J connectivity index is 1.95. The summed E-state index contributed by atoms with van der Waals surface area (Å²) in [5.41, 5.74) is 10.3. The Morgan fingerprint density at radius 1 is 1.21 bits per heavy atom. The second kappa shape index (κ2) is 6.53. The van der Waals surface area contributed by atoms with E-state index in [0.29, 0.717) is 0 Å². The second-order valence-corrected chi connectivity index (χ2v) is 6.18. The predicted molar refractivity (Wildman–Crippen MR) is 82.3 cm³/mol. The molecule has 19 heavy (non-hydrogen) atoms. The average molecular weight is 260 g/mol. The van der Waals surface area contributed by atoms with Crippen LogP contribution < -0.4 is 5.73 Å². The summed E-state index contributed by atoms with van der Waals surface area (Å²) < 4.78 is 0. The molecular weight excluding hydrogens is 232 g/mol. The fourth-order valence-corrected chi connectivity index (χ4v) is 2.98. The summed E-state index contributed by atoms with van der Waals surface area (Å²) in [5, 5.41) is 0. The molecule has 1 saturated carbocycles. The first-order valence-corrected chi connectivity index (χ1v) is 7.64. The van der Waals surface area contributed by atoms with E-state index in [-0.39, 0.29) is 6.04 Å². The van der Waals surface area contributed by atoms with Gasteiger partial charge in [0.25, 0.3) is 0 Å². The molecule has 0 aliphatic heterocycles. The highest BCUT2D eigenvalue weighted by molar-refractivity contribution is 5.30. The molecule has 0 aromatic heterocycles. The molecule has 1 atom stereocenters. The lowest BCUT2D eigenvalue weighted by atomic mass is 9.85. The maximum Gasteiger partial charge on any atom is 0.0424 e. The lowest BCUT2D eigenvalue weighted by molar-refractivity contribution is 0.176. The highest BCUT2D eigenvalue weighted by Crippen LogP contribution is 2.27. The van der Waals surface area contributed by atoms with Gasteiger partial charge in [-0.3, -0.25) is 0 Å². The largest absolute Gasteiger partial charge is 0.323 e. The molecule has 0 bridgehead atoms. The molecular formula is C17H28N2. The molecule has 2 rings (SSSR count). The number of rotatable bonds is 6. The minimum Gasteiger partial charge on any atom is -0.323 e. The van der Waals surface area contributed by atoms with E-state index in [1.807, 2.05) is 0 Å². The molecule has 1 aromatic rings. The Morgan fingerprint density at radius 3 is 2.32 bits per heavy atom. The molecule has 2 N–H and O–H groups in total. The molecule has 1 aromatic carbocycles. The first-order chi connectivity index (χ1) is 9.08. The summed E-state index contributed by atoms with van der Waals surface area (Å²) >= 11 is 0. The zero-order valence-electron chi connectivity index (χ0n) is 12.7. The van der Waals surface area contributed by atoms with Gasteiger partial charge in [-0.25, -0.2) is 0 Å². The molecule has 0 heterocycles. The van der Waals surface area contributed by atoms with Crippen LogP contribution in [0, 0.1) is 19.8 Å². The van der Waals surface area contributed by atoms with E-state index in [1.54, 1.807) is 0 Å². The molecule has 1 aliphatic carbocycles. The number of hydrogen-bond donors (Lipinski definition) is 1. The minimum absolute atomic E-state index is 0.138. The van der Waals surface area contributed by atoms with Gasteiger partial charge >= 0.3 is 0 Å². The maximum absolute atomic E-state index is 6.40. The Kier molecular flexibility index (Phi) is 5.00. The van der Waals surface area contributed by atoms with E-state index in [1.165, 1.54) is 42.5 Å². The number of benzene rings is 1. The number of nitrogens with zero attached hydrogens (tertiary/aromatic N) is 1. The van der Waals surface area contributed by atoms with Crippen LogP contribution in [0.15, 0.2) is 18.2 Å². The third-order valence-corrected chi connectivity index (χ3v) is 4.32. The third kappa shape index (κ3) is 4.05. The van der Waals surface area contributed by atoms with Gasteiger partial charge in [-0.15, -0.1) is 0 Å². The van der Waals surface area contributed by atoms with E-state index in [0.717, 1.165) is 19.0 Å². The normalized spacial score (nSPS) is 17.5. The summed E-state index contributed by atoms with van der Waals surface area (Å²) in [6.07, 6.45) is 4.25. The summed E-state index contributed by atoms with van der Waals surface area (Å²) in [6.45, 7) is 9.86. The molecule has 1 unspecified atom stereocenters. The molecule has 0 spiro atoms. The molecule has 2 nitrogen and oxygen atoms in total. The van der Waals surface area contributed by atoms with Crippen LogP contribution in [-0.4, -0.2) is 24.5 Å². The van der Waals surface area contributed by atoms with E-state index in [2.05, 4.69) is 43.9 Å². The summed E-state index contributed by atoms with van der Waals surface area (Å²) in [7, 11) is 0. The molecule has 0 saturated heterocycles. The van der Waals surface area contributed by atoms with Crippen molar-refractivity contribution in [3.05, 3.63) is 34.9 Å². The quantitative estimate of drug-likeness (QED) is 0.849. The molecule has 0 amide bonds. The van der Waals surface area contributed by atoms with Crippen LogP contribution in [-0.2, 0) is 0 Å². The molecule has 0 radical (unpaired) electrons. The Bertz CT molecular complexity index is 389. The van der Waals surface area contributed by atoms with Gasteiger partial charge in [-0.05, 0) is 44.7 Å². The van der Waals surface area contributed by atoms with Crippen molar-refractivity contribution < 1.29 is 0 Å². The number of aryl methyl sites for hydroxylation is 2. The Morgan fingerprint density at radius 2 is 1.84 bits per heavy atom. The average Bonchev–Trinajstić information content (AvgIpc) is 2.30. The van der Waals surface area contributed by atoms with Gasteiger partial charge in [0, 0.05) is 19.1 Å². The van der Waals surface area contributed by atoms with Crippen LogP contribution in [0.4, 0.5) is 0 Å². The smallest absolute Gasteiger partial charge is 0.0424 e. The zero-order valence-corrected chi connectivity index (χ0v) is 12.7. The predicted octanol–water partition coefficient (Wildman–Crippen LogP) is 3.43. The van der Waals surface area contributed by atoms with Crippen molar-refractivity contribution in [1.82, 2.24) is 4.90 Å². The summed E-state index contributed by atoms with van der Waals surface area (Å²) in [6, 6.07) is 6.81. The number of hydrogen-bond acceptors (Lipinski definition) is 2. The minimum atomic E-state index is 0.138. The van der Waals surface area contributed by atoms with Gasteiger partial charge in [0.05, 0.1) is 0 Å². The summed E-state index contributed by atoms with van der Waals surface area (Å²) in [5.74, 6) is 0.923. The topological polar surface area (TPSA) is 29.3 Å². The van der Waals surface area contributed by atoms with Gasteiger partial charge in [-0.1, -0.05) is 42.7 Å². The van der Waals surface area contributed by atoms with Crippen molar-refractivity contribution in [3.8, 4) is 0 Å². The molecule has 1 fully saturated rings. The lowest BCUT2D eigenvalue weighted by Crippen LogP contribution is -2.37. The molecule has 2 heteroatoms. The van der Waals surface area contributed by atoms with Crippen molar-refractivity contribution in [2.24, 2.45) is 11.7 Å². The van der Waals surface area contributed by atoms with Crippen LogP contribution in [0.5, 0.6) is 0 Å². The van der Waals surface area contributed by atoms with Crippen LogP contribution in [0.3, 0.4) is 0 Å². The first kappa shape index (κ1) is 14.5. The monoisotopic (exact) mass is 260 g/mol. The summed E-state index contributed by atoms with van der Waals surface area (Å²) in [4.78, 5) is 2.52. The van der Waals surface area contributed by atoms with Gasteiger partial charge in [0.2, 0.25) is 0 Å². The van der Waals surface area contributed by atoms with E-state index >= 15 is 0 Å². The molecule has 106 valence electrons. The van der Waals surface area contributed by atoms with Gasteiger partial charge in [0.15, 0.2) is 0 Å². The van der Waals surface area contributed by atoms with Crippen LogP contribution >= 0.6 is 0 Å². The van der Waals surface area contributed by atoms with Gasteiger partial charge in [0.1, 0.15) is 0 Å². The van der Waals surface area contributed by atoms with Crippen molar-refractivity contribution in [1.29, 1.82) is 0 Å². The highest BCUT2D eigenvalue weighted by atomic mass is 15.1. The van der Waals surface area contributed by atoms with Crippen molar-refractivity contribution in [2.45, 2.75) is 46.1 Å². The Labute approximate surface area is 118 Å². The fourth-order valence-electron chi connectivity index (χ4n) is 2.98. The van der Waals surface area contributed by atoms with Crippen molar-refractivity contribution in [2.75, 3.05) is 19.6 Å².